The molecule has 1 aromatic heterocycles. The number of carbonyl (C=O) groups excluding carboxylic acids is 4. The third-order valence-electron chi connectivity index (χ3n) is 6.79. The lowest BCUT2D eigenvalue weighted by Gasteiger charge is -2.44. The molecule has 5 atom stereocenters. The van der Waals surface area contributed by atoms with Gasteiger partial charge in [-0.15, -0.1) is 11.3 Å². The molecule has 0 unspecified atom stereocenters. The maximum absolute atomic E-state index is 14.2. The van der Waals surface area contributed by atoms with E-state index in [0.29, 0.717) is 28.1 Å². The van der Waals surface area contributed by atoms with E-state index in [-0.39, 0.29) is 12.2 Å². The van der Waals surface area contributed by atoms with E-state index < -0.39 is 60.2 Å². The van der Waals surface area contributed by atoms with E-state index in [1.807, 2.05) is 18.2 Å². The maximum atomic E-state index is 14.2. The Labute approximate surface area is 267 Å². The minimum Gasteiger partial charge on any atom is -0.463 e. The van der Waals surface area contributed by atoms with Crippen molar-refractivity contribution >= 4 is 46.8 Å². The average molecular weight is 658 g/mol. The van der Waals surface area contributed by atoms with Gasteiger partial charge >= 0.3 is 23.9 Å². The van der Waals surface area contributed by atoms with Crippen molar-refractivity contribution in [1.29, 1.82) is 5.26 Å². The van der Waals surface area contributed by atoms with Crippen LogP contribution in [0.1, 0.15) is 55.4 Å². The smallest absolute Gasteiger partial charge is 0.303 e. The Bertz CT molecular complexity index is 1650. The van der Waals surface area contributed by atoms with Crippen LogP contribution >= 0.6 is 22.9 Å². The van der Waals surface area contributed by atoms with Crippen LogP contribution in [-0.4, -0.2) is 54.9 Å². The van der Waals surface area contributed by atoms with Crippen molar-refractivity contribution in [2.75, 3.05) is 6.61 Å². The molecule has 0 spiro atoms. The molecule has 0 radical (unpaired) electrons. The molecule has 0 amide bonds. The molecular formula is C32H29ClFNO9S. The molecule has 236 valence electrons. The van der Waals surface area contributed by atoms with E-state index in [0.717, 1.165) is 23.6 Å². The fraction of sp³-hybridized carbons (Fsp3) is 0.344. The zero-order chi connectivity index (χ0) is 32.8. The number of rotatable bonds is 9. The average Bonchev–Trinajstić information content (AvgIpc) is 3.43. The maximum Gasteiger partial charge on any atom is 0.303 e. The molecule has 1 aliphatic rings. The molecule has 10 nitrogen and oxygen atoms in total. The van der Waals surface area contributed by atoms with Crippen LogP contribution < -0.4 is 0 Å². The summed E-state index contributed by atoms with van der Waals surface area (Å²) in [5.74, 6) is -3.37. The summed E-state index contributed by atoms with van der Waals surface area (Å²) >= 11 is 8.01. The Morgan fingerprint density at radius 2 is 1.56 bits per heavy atom. The Kier molecular flexibility index (Phi) is 10.9. The molecule has 1 fully saturated rings. The minimum absolute atomic E-state index is 0.0404. The fourth-order valence-electron chi connectivity index (χ4n) is 4.98. The highest BCUT2D eigenvalue weighted by Crippen LogP contribution is 2.39. The molecule has 1 aliphatic heterocycles. The molecule has 3 aromatic rings. The highest BCUT2D eigenvalue weighted by molar-refractivity contribution is 7.15. The van der Waals surface area contributed by atoms with Crippen LogP contribution in [-0.2, 0) is 49.3 Å². The number of ether oxygens (including phenoxy) is 5. The summed E-state index contributed by atoms with van der Waals surface area (Å²) in [6.07, 6.45) is -5.59. The fourth-order valence-corrected chi connectivity index (χ4v) is 6.19. The van der Waals surface area contributed by atoms with Gasteiger partial charge in [-0.25, -0.2) is 4.39 Å². The number of hydrogen-bond donors (Lipinski definition) is 0. The number of carbonyl (C=O) groups is 4. The van der Waals surface area contributed by atoms with Crippen LogP contribution in [0, 0.1) is 17.1 Å². The molecule has 4 rings (SSSR count). The van der Waals surface area contributed by atoms with Gasteiger partial charge in [0.25, 0.3) is 0 Å². The normalized spacial score (nSPS) is 20.9. The first-order valence-corrected chi connectivity index (χ1v) is 14.9. The summed E-state index contributed by atoms with van der Waals surface area (Å²) in [4.78, 5) is 49.8. The second-order valence-electron chi connectivity index (χ2n) is 10.2. The van der Waals surface area contributed by atoms with Gasteiger partial charge in [0.2, 0.25) is 0 Å². The number of esters is 4. The van der Waals surface area contributed by atoms with E-state index >= 15 is 0 Å². The number of thiophene rings is 1. The van der Waals surface area contributed by atoms with Crippen molar-refractivity contribution in [3.8, 4) is 16.5 Å². The van der Waals surface area contributed by atoms with Crippen LogP contribution in [0.4, 0.5) is 4.39 Å². The van der Waals surface area contributed by atoms with Crippen LogP contribution in [0.25, 0.3) is 10.4 Å². The van der Waals surface area contributed by atoms with E-state index in [4.69, 9.17) is 40.5 Å². The highest BCUT2D eigenvalue weighted by atomic mass is 35.5. The van der Waals surface area contributed by atoms with Gasteiger partial charge < -0.3 is 23.7 Å². The van der Waals surface area contributed by atoms with Crippen LogP contribution in [0.2, 0.25) is 5.02 Å². The highest BCUT2D eigenvalue weighted by Gasteiger charge is 2.52. The van der Waals surface area contributed by atoms with E-state index in [1.165, 1.54) is 37.3 Å². The van der Waals surface area contributed by atoms with Gasteiger partial charge in [-0.3, -0.25) is 19.2 Å². The monoisotopic (exact) mass is 657 g/mol. The summed E-state index contributed by atoms with van der Waals surface area (Å²) in [6, 6.07) is 15.0. The van der Waals surface area contributed by atoms with Crippen LogP contribution in [0.15, 0.2) is 48.5 Å². The second-order valence-corrected chi connectivity index (χ2v) is 11.8. The van der Waals surface area contributed by atoms with Crippen LogP contribution in [0.3, 0.4) is 0 Å². The summed E-state index contributed by atoms with van der Waals surface area (Å²) < 4.78 is 42.2. The van der Waals surface area contributed by atoms with Gasteiger partial charge in [0.15, 0.2) is 18.3 Å². The topological polar surface area (TPSA) is 138 Å². The predicted octanol–water partition coefficient (Wildman–Crippen LogP) is 5.47. The third-order valence-corrected chi connectivity index (χ3v) is 8.29. The lowest BCUT2D eigenvalue weighted by molar-refractivity contribution is -0.254. The minimum atomic E-state index is -1.30. The largest absolute Gasteiger partial charge is 0.463 e. The van der Waals surface area contributed by atoms with Crippen molar-refractivity contribution in [2.45, 2.75) is 64.6 Å². The van der Waals surface area contributed by atoms with Gasteiger partial charge in [0.1, 0.15) is 30.7 Å². The number of hydrogen-bond acceptors (Lipinski definition) is 11. The molecule has 45 heavy (non-hydrogen) atoms. The summed E-state index contributed by atoms with van der Waals surface area (Å²) in [7, 11) is 0. The quantitative estimate of drug-likeness (QED) is 0.215. The molecule has 2 aromatic carbocycles. The Morgan fingerprint density at radius 1 is 0.889 bits per heavy atom. The van der Waals surface area contributed by atoms with Crippen molar-refractivity contribution < 1.29 is 47.3 Å². The van der Waals surface area contributed by atoms with Gasteiger partial charge in [-0.2, -0.15) is 5.26 Å². The summed E-state index contributed by atoms with van der Waals surface area (Å²) in [6.45, 7) is 4.34. The number of halogens is 2. The van der Waals surface area contributed by atoms with Crippen molar-refractivity contribution in [3.63, 3.8) is 0 Å². The number of benzene rings is 2. The zero-order valence-electron chi connectivity index (χ0n) is 24.7. The van der Waals surface area contributed by atoms with Gasteiger partial charge in [-0.05, 0) is 47.0 Å². The zero-order valence-corrected chi connectivity index (χ0v) is 26.3. The lowest BCUT2D eigenvalue weighted by Crippen LogP contribution is -2.59. The molecule has 0 aliphatic carbocycles. The number of nitrogens with zero attached hydrogens (tertiary/aromatic N) is 1. The van der Waals surface area contributed by atoms with Crippen molar-refractivity contribution in [2.24, 2.45) is 0 Å². The molecular weight excluding hydrogens is 629 g/mol. The lowest BCUT2D eigenvalue weighted by atomic mass is 9.89. The Morgan fingerprint density at radius 3 is 2.18 bits per heavy atom. The third kappa shape index (κ3) is 8.45. The Balaban J connectivity index is 1.70. The summed E-state index contributed by atoms with van der Waals surface area (Å²) in [5, 5.41) is 9.45. The van der Waals surface area contributed by atoms with E-state index in [2.05, 4.69) is 0 Å². The van der Waals surface area contributed by atoms with Crippen LogP contribution in [0.5, 0.6) is 0 Å². The summed E-state index contributed by atoms with van der Waals surface area (Å²) in [5.41, 5.74) is 1.76. The van der Waals surface area contributed by atoms with Gasteiger partial charge in [0.05, 0.1) is 5.56 Å². The molecule has 0 bridgehead atoms. The molecule has 13 heteroatoms. The van der Waals surface area contributed by atoms with Gasteiger partial charge in [-0.1, -0.05) is 29.8 Å². The predicted molar refractivity (Wildman–Crippen MR) is 160 cm³/mol. The first-order chi connectivity index (χ1) is 21.4. The van der Waals surface area contributed by atoms with Gasteiger partial charge in [0, 0.05) is 48.9 Å². The van der Waals surface area contributed by atoms with Crippen molar-refractivity contribution in [3.05, 3.63) is 80.9 Å². The van der Waals surface area contributed by atoms with E-state index in [1.54, 1.807) is 24.3 Å². The molecule has 1 saturated heterocycles. The number of nitriles is 1. The first kappa shape index (κ1) is 33.6. The molecule has 0 saturated carbocycles. The standard InChI is InChI=1S/C32H29ClFNO9S/c1-16(36)40-15-27-30(41-17(2)37)32(43-19(4)39)31(42-18(3)38)29(44-27)21-7-9-25(33)23(11-21)12-24-8-10-28(45-24)20-5-6-22(14-35)26(34)13-20/h5-11,13,27,29-32H,12,15H2,1-4H3/t27-,29+,30-,31+,32+/m1/s1. The first-order valence-electron chi connectivity index (χ1n) is 13.7. The second kappa shape index (κ2) is 14.6. The van der Waals surface area contributed by atoms with E-state index in [9.17, 15) is 23.6 Å². The van der Waals surface area contributed by atoms with Crippen molar-refractivity contribution in [1.82, 2.24) is 0 Å². The Hall–Kier alpha value is -4.31. The SMILES string of the molecule is CC(=O)OC[C@H]1O[C@@H](c2ccc(Cl)c(Cc3ccc(-c4ccc(C#N)c(F)c4)s3)c2)[C@H](OC(C)=O)[C@@H](OC(C)=O)[C@@H]1OC(C)=O. The molecule has 2 heterocycles. The molecule has 0 N–H and O–H groups in total.